The van der Waals surface area contributed by atoms with Gasteiger partial charge in [0.05, 0.1) is 12.0 Å². The number of halogens is 2. The van der Waals surface area contributed by atoms with Crippen molar-refractivity contribution in [2.24, 2.45) is 0 Å². The number of fused-ring (bicyclic) bond motifs is 2. The summed E-state index contributed by atoms with van der Waals surface area (Å²) in [7, 11) is 0. The minimum atomic E-state index is -2.91. The molecule has 29 heavy (non-hydrogen) atoms. The van der Waals surface area contributed by atoms with Crippen LogP contribution in [0.4, 0.5) is 8.78 Å². The van der Waals surface area contributed by atoms with Gasteiger partial charge in [0.1, 0.15) is 17.4 Å². The molecule has 1 amide bonds. The van der Waals surface area contributed by atoms with Gasteiger partial charge in [-0.05, 0) is 18.6 Å². The second kappa shape index (κ2) is 6.54. The molecule has 1 atom stereocenters. The summed E-state index contributed by atoms with van der Waals surface area (Å²) < 4.78 is 37.6. The van der Waals surface area contributed by atoms with Crippen LogP contribution in [0.1, 0.15) is 51.4 Å². The lowest BCUT2D eigenvalue weighted by atomic mass is 9.99. The third kappa shape index (κ3) is 2.72. The Labute approximate surface area is 163 Å². The highest BCUT2D eigenvalue weighted by Gasteiger charge is 2.39. The van der Waals surface area contributed by atoms with Crippen molar-refractivity contribution in [3.63, 3.8) is 0 Å². The molecule has 0 saturated carbocycles. The molecular formula is C20H16F2N4O3. The number of carbonyl (C=O) groups is 1. The minimum absolute atomic E-state index is 0.290. The van der Waals surface area contributed by atoms with E-state index in [1.54, 1.807) is 6.33 Å². The number of imidazole rings is 1. The molecule has 4 heterocycles. The summed E-state index contributed by atoms with van der Waals surface area (Å²) in [4.78, 5) is 25.6. The average molecular weight is 398 g/mol. The summed E-state index contributed by atoms with van der Waals surface area (Å²) in [5.74, 6) is -0.626. The number of carbonyl (C=O) groups excluding carboxylic acids is 1. The Balaban J connectivity index is 1.63. The molecule has 0 aliphatic carbocycles. The number of H-pyrrole nitrogens is 1. The van der Waals surface area contributed by atoms with Gasteiger partial charge in [-0.1, -0.05) is 18.2 Å². The quantitative estimate of drug-likeness (QED) is 0.559. The van der Waals surface area contributed by atoms with Gasteiger partial charge in [-0.2, -0.15) is 0 Å². The van der Waals surface area contributed by atoms with Crippen molar-refractivity contribution in [3.05, 3.63) is 71.2 Å². The van der Waals surface area contributed by atoms with E-state index in [9.17, 15) is 13.6 Å². The lowest BCUT2D eigenvalue weighted by molar-refractivity contribution is 0.0625. The fourth-order valence-corrected chi connectivity index (χ4v) is 3.85. The Kier molecular flexibility index (Phi) is 3.97. The zero-order chi connectivity index (χ0) is 20.1. The Morgan fingerprint density at radius 1 is 1.34 bits per heavy atom. The Hall–Kier alpha value is -3.49. The molecule has 4 aromatic rings. The van der Waals surface area contributed by atoms with Crippen molar-refractivity contribution >= 4 is 16.9 Å². The van der Waals surface area contributed by atoms with E-state index in [-0.39, 0.29) is 6.54 Å². The first-order chi connectivity index (χ1) is 14.0. The lowest BCUT2D eigenvalue weighted by Gasteiger charge is -2.33. The molecule has 0 saturated heterocycles. The molecule has 9 heteroatoms. The van der Waals surface area contributed by atoms with Crippen LogP contribution in [0.15, 0.2) is 45.8 Å². The first-order valence-corrected chi connectivity index (χ1v) is 9.08. The van der Waals surface area contributed by atoms with E-state index in [1.165, 1.54) is 4.90 Å². The first-order valence-electron chi connectivity index (χ1n) is 9.08. The Morgan fingerprint density at radius 2 is 2.21 bits per heavy atom. The Morgan fingerprint density at radius 3 is 3.00 bits per heavy atom. The molecule has 0 unspecified atom stereocenters. The average Bonchev–Trinajstić information content (AvgIpc) is 3.44. The maximum Gasteiger partial charge on any atom is 0.292 e. The van der Waals surface area contributed by atoms with Gasteiger partial charge in [-0.25, -0.2) is 18.7 Å². The van der Waals surface area contributed by atoms with Gasteiger partial charge in [0.25, 0.3) is 12.3 Å². The molecule has 148 valence electrons. The van der Waals surface area contributed by atoms with Crippen LogP contribution >= 0.6 is 0 Å². The van der Waals surface area contributed by atoms with E-state index < -0.39 is 29.8 Å². The highest BCUT2D eigenvalue weighted by Crippen LogP contribution is 2.38. The molecule has 0 radical (unpaired) electrons. The number of nitrogens with zero attached hydrogens (tertiary/aromatic N) is 3. The third-order valence-electron chi connectivity index (χ3n) is 5.21. The summed E-state index contributed by atoms with van der Waals surface area (Å²) in [6, 6.07) is 6.96. The fourth-order valence-electron chi connectivity index (χ4n) is 3.85. The molecule has 1 aliphatic heterocycles. The second-order valence-corrected chi connectivity index (χ2v) is 6.93. The van der Waals surface area contributed by atoms with Crippen molar-refractivity contribution in [3.8, 4) is 0 Å². The van der Waals surface area contributed by atoms with Crippen molar-refractivity contribution in [2.75, 3.05) is 6.54 Å². The number of furan rings is 1. The van der Waals surface area contributed by atoms with Crippen LogP contribution in [0, 0.1) is 6.92 Å². The summed E-state index contributed by atoms with van der Waals surface area (Å²) in [5.41, 5.74) is 2.51. The standard InChI is InChI=1S/C20H16F2N4O3/c1-10-3-2-4-11-7-13(29-17(10)11)16-14-12(23-8-24-14)5-6-26(16)20(27)18-15(19(21)22)25-9-28-18/h2-4,7-9,16,19H,5-6H2,1H3,(H,23,24)/t16-/m0/s1. The van der Waals surface area contributed by atoms with Crippen LogP contribution in [0.2, 0.25) is 0 Å². The first kappa shape index (κ1) is 17.6. The van der Waals surface area contributed by atoms with Gasteiger partial charge in [0.2, 0.25) is 5.76 Å². The number of oxazole rings is 1. The van der Waals surface area contributed by atoms with Crippen molar-refractivity contribution in [1.82, 2.24) is 19.9 Å². The van der Waals surface area contributed by atoms with E-state index in [1.807, 2.05) is 31.2 Å². The number of amides is 1. The molecule has 5 rings (SSSR count). The Bertz CT molecular complexity index is 1210. The number of alkyl halides is 2. The highest BCUT2D eigenvalue weighted by molar-refractivity contribution is 5.93. The van der Waals surface area contributed by atoms with Gasteiger partial charge in [-0.3, -0.25) is 4.79 Å². The van der Waals surface area contributed by atoms with Crippen LogP contribution in [0.25, 0.3) is 11.0 Å². The third-order valence-corrected chi connectivity index (χ3v) is 5.21. The summed E-state index contributed by atoms with van der Waals surface area (Å²) in [6.07, 6.45) is 0.0110. The monoisotopic (exact) mass is 398 g/mol. The fraction of sp³-hybridized carbons (Fsp3) is 0.250. The van der Waals surface area contributed by atoms with Crippen molar-refractivity contribution < 1.29 is 22.4 Å². The number of aromatic amines is 1. The molecule has 1 aromatic carbocycles. The van der Waals surface area contributed by atoms with Gasteiger partial charge < -0.3 is 18.7 Å². The number of hydrogen-bond donors (Lipinski definition) is 1. The van der Waals surface area contributed by atoms with Crippen LogP contribution < -0.4 is 0 Å². The number of aryl methyl sites for hydroxylation is 1. The predicted octanol–water partition coefficient (Wildman–Crippen LogP) is 4.18. The van der Waals surface area contributed by atoms with E-state index in [0.29, 0.717) is 23.5 Å². The predicted molar refractivity (Wildman–Crippen MR) is 97.6 cm³/mol. The smallest absolute Gasteiger partial charge is 0.292 e. The molecule has 1 aliphatic rings. The van der Waals surface area contributed by atoms with E-state index in [4.69, 9.17) is 8.83 Å². The van der Waals surface area contributed by atoms with Crippen LogP contribution in [0.3, 0.4) is 0 Å². The van der Waals surface area contributed by atoms with Gasteiger partial charge in [-0.15, -0.1) is 0 Å². The van der Waals surface area contributed by atoms with Crippen LogP contribution in [-0.2, 0) is 6.42 Å². The van der Waals surface area contributed by atoms with E-state index in [2.05, 4.69) is 15.0 Å². The number of nitrogens with one attached hydrogen (secondary N) is 1. The van der Waals surface area contributed by atoms with Gasteiger partial charge in [0.15, 0.2) is 12.1 Å². The maximum absolute atomic E-state index is 13.3. The molecule has 0 fully saturated rings. The topological polar surface area (TPSA) is 88.2 Å². The van der Waals surface area contributed by atoms with E-state index in [0.717, 1.165) is 23.0 Å². The highest BCUT2D eigenvalue weighted by atomic mass is 19.3. The van der Waals surface area contributed by atoms with Crippen LogP contribution in [-0.4, -0.2) is 32.3 Å². The molecule has 7 nitrogen and oxygen atoms in total. The zero-order valence-electron chi connectivity index (χ0n) is 15.4. The number of para-hydroxylation sites is 1. The SMILES string of the molecule is Cc1cccc2cc([C@H]3c4nc[nH]c4CCN3C(=O)c3ocnc3C(F)F)oc12. The summed E-state index contributed by atoms with van der Waals surface area (Å²) in [6.45, 7) is 2.22. The summed E-state index contributed by atoms with van der Waals surface area (Å²) in [5, 5.41) is 0.892. The second-order valence-electron chi connectivity index (χ2n) is 6.93. The van der Waals surface area contributed by atoms with Crippen molar-refractivity contribution in [1.29, 1.82) is 0 Å². The molecule has 0 bridgehead atoms. The zero-order valence-corrected chi connectivity index (χ0v) is 15.4. The molecule has 3 aromatic heterocycles. The number of rotatable bonds is 3. The number of hydrogen-bond acceptors (Lipinski definition) is 5. The largest absolute Gasteiger partial charge is 0.458 e. The normalized spacial score (nSPS) is 16.6. The van der Waals surface area contributed by atoms with Gasteiger partial charge >= 0.3 is 0 Å². The van der Waals surface area contributed by atoms with Crippen LogP contribution in [0.5, 0.6) is 0 Å². The molecule has 0 spiro atoms. The number of aromatic nitrogens is 3. The lowest BCUT2D eigenvalue weighted by Crippen LogP contribution is -2.40. The maximum atomic E-state index is 13.3. The van der Waals surface area contributed by atoms with E-state index >= 15 is 0 Å². The molecule has 1 N–H and O–H groups in total. The van der Waals surface area contributed by atoms with Crippen molar-refractivity contribution in [2.45, 2.75) is 25.8 Å². The number of benzene rings is 1. The van der Waals surface area contributed by atoms with Gasteiger partial charge in [0, 0.05) is 24.0 Å². The molecular weight excluding hydrogens is 382 g/mol. The minimum Gasteiger partial charge on any atom is -0.458 e. The summed E-state index contributed by atoms with van der Waals surface area (Å²) >= 11 is 0.